The predicted octanol–water partition coefficient (Wildman–Crippen LogP) is -0.704. The summed E-state index contributed by atoms with van der Waals surface area (Å²) in [6, 6.07) is 0. The molecule has 8 heavy (non-hydrogen) atoms. The van der Waals surface area contributed by atoms with Crippen molar-refractivity contribution in [2.45, 2.75) is 6.92 Å². The summed E-state index contributed by atoms with van der Waals surface area (Å²) in [5, 5.41) is 14.4. The van der Waals surface area contributed by atoms with Gasteiger partial charge in [0.2, 0.25) is 0 Å². The fourth-order valence-electron chi connectivity index (χ4n) is 0. The maximum atomic E-state index is 9.00. The zero-order valence-electron chi connectivity index (χ0n) is 4.71. The zero-order chi connectivity index (χ0) is 5.58. The van der Waals surface area contributed by atoms with Crippen molar-refractivity contribution >= 4 is 18.4 Å². The van der Waals surface area contributed by atoms with Crippen molar-refractivity contribution in [3.05, 3.63) is 0 Å². The van der Waals surface area contributed by atoms with Gasteiger partial charge in [0.25, 0.3) is 5.97 Å². The van der Waals surface area contributed by atoms with E-state index in [4.69, 9.17) is 15.0 Å². The van der Waals surface area contributed by atoms with Gasteiger partial charge in [-0.25, -0.2) is 0 Å². The fourth-order valence-corrected chi connectivity index (χ4v) is 0. The second kappa shape index (κ2) is 30.0. The molecule has 0 radical (unpaired) electrons. The largest absolute Gasteiger partial charge is 0.481 e. The minimum atomic E-state index is -0.833. The average molecular weight is 147 g/mol. The van der Waals surface area contributed by atoms with Gasteiger partial charge in [0.05, 0.1) is 0 Å². The van der Waals surface area contributed by atoms with Crippen LogP contribution in [0.25, 0.3) is 0 Å². The predicted molar refractivity (Wildman–Crippen MR) is 32.3 cm³/mol. The van der Waals surface area contributed by atoms with Gasteiger partial charge in [-0.15, -0.1) is 12.4 Å². The molecule has 0 spiro atoms. The highest BCUT2D eigenvalue weighted by Crippen LogP contribution is 1.42. The number of carboxylic acid groups (broad SMARTS) is 1. The molecule has 0 fully saturated rings. The molecular formula is C3H11ClO4. The number of hydrogen-bond acceptors (Lipinski definition) is 2. The van der Waals surface area contributed by atoms with Crippen molar-refractivity contribution in [2.24, 2.45) is 0 Å². The Hall–Kier alpha value is -0.320. The molecule has 0 saturated carbocycles. The van der Waals surface area contributed by atoms with Crippen molar-refractivity contribution in [2.75, 3.05) is 7.11 Å². The lowest BCUT2D eigenvalue weighted by Gasteiger charge is -1.59. The summed E-state index contributed by atoms with van der Waals surface area (Å²) in [5.74, 6) is -0.833. The third kappa shape index (κ3) is 1210. The van der Waals surface area contributed by atoms with Crippen LogP contribution < -0.4 is 0 Å². The highest BCUT2D eigenvalue weighted by Gasteiger charge is 1.65. The van der Waals surface area contributed by atoms with Crippen LogP contribution in [0.2, 0.25) is 0 Å². The Morgan fingerprint density at radius 1 is 1.38 bits per heavy atom. The van der Waals surface area contributed by atoms with Crippen molar-refractivity contribution in [1.29, 1.82) is 0 Å². The molecule has 0 aliphatic carbocycles. The molecule has 54 valence electrons. The summed E-state index contributed by atoms with van der Waals surface area (Å²) < 4.78 is 0. The molecular weight excluding hydrogens is 135 g/mol. The standard InChI is InChI=1S/C2H4O2.CH4O.ClH.H2O/c1-2(3)4;1-2;;/h1H3,(H,3,4);2H,1H3;1H;1H2. The van der Waals surface area contributed by atoms with Crippen LogP contribution in [0.1, 0.15) is 6.92 Å². The van der Waals surface area contributed by atoms with E-state index in [1.807, 2.05) is 0 Å². The van der Waals surface area contributed by atoms with Gasteiger partial charge in [-0.2, -0.15) is 0 Å². The van der Waals surface area contributed by atoms with Gasteiger partial charge >= 0.3 is 0 Å². The van der Waals surface area contributed by atoms with Crippen molar-refractivity contribution < 1.29 is 20.5 Å². The van der Waals surface area contributed by atoms with Crippen molar-refractivity contribution in [3.63, 3.8) is 0 Å². The first-order valence-electron chi connectivity index (χ1n) is 1.37. The Bertz CT molecular complexity index is 34.3. The highest BCUT2D eigenvalue weighted by atomic mass is 35.5. The van der Waals surface area contributed by atoms with E-state index in [0.29, 0.717) is 0 Å². The Labute approximate surface area is 53.9 Å². The van der Waals surface area contributed by atoms with E-state index >= 15 is 0 Å². The van der Waals surface area contributed by atoms with Crippen LogP contribution in [-0.2, 0) is 4.79 Å². The zero-order valence-corrected chi connectivity index (χ0v) is 5.53. The molecule has 0 bridgehead atoms. The summed E-state index contributed by atoms with van der Waals surface area (Å²) in [7, 11) is 1.00. The fraction of sp³-hybridized carbons (Fsp3) is 0.667. The van der Waals surface area contributed by atoms with Gasteiger partial charge in [0.1, 0.15) is 0 Å². The molecule has 4 nitrogen and oxygen atoms in total. The molecule has 0 amide bonds. The molecule has 0 atom stereocenters. The third-order valence-electron chi connectivity index (χ3n) is 0. The average Bonchev–Trinajstić information content (AvgIpc) is 1.41. The molecule has 0 heterocycles. The van der Waals surface area contributed by atoms with Gasteiger partial charge in [-0.1, -0.05) is 0 Å². The lowest BCUT2D eigenvalue weighted by Crippen LogP contribution is -1.78. The number of carbonyl (C=O) groups is 1. The quantitative estimate of drug-likeness (QED) is 0.474. The second-order valence-electron chi connectivity index (χ2n) is 0.519. The Morgan fingerprint density at radius 3 is 1.38 bits per heavy atom. The van der Waals surface area contributed by atoms with Crippen LogP contribution in [0.3, 0.4) is 0 Å². The minimum absolute atomic E-state index is 0. The molecule has 0 rings (SSSR count). The molecule has 5 heteroatoms. The number of hydrogen-bond donors (Lipinski definition) is 2. The van der Waals surface area contributed by atoms with Crippen LogP contribution in [-0.4, -0.2) is 28.8 Å². The van der Waals surface area contributed by atoms with Crippen molar-refractivity contribution in [3.8, 4) is 0 Å². The summed E-state index contributed by atoms with van der Waals surface area (Å²) in [6.07, 6.45) is 0. The molecule has 0 aliphatic rings. The van der Waals surface area contributed by atoms with Crippen LogP contribution in [0.5, 0.6) is 0 Å². The Balaban J connectivity index is -0.0000000183. The number of halogens is 1. The Morgan fingerprint density at radius 2 is 1.38 bits per heavy atom. The van der Waals surface area contributed by atoms with Crippen LogP contribution in [0, 0.1) is 0 Å². The molecule has 0 aromatic rings. The third-order valence-corrected chi connectivity index (χ3v) is 0. The van der Waals surface area contributed by atoms with Crippen LogP contribution in [0.15, 0.2) is 0 Å². The monoisotopic (exact) mass is 146 g/mol. The lowest BCUT2D eigenvalue weighted by atomic mass is 10.9. The molecule has 0 saturated heterocycles. The van der Waals surface area contributed by atoms with Crippen LogP contribution >= 0.6 is 12.4 Å². The van der Waals surface area contributed by atoms with E-state index in [9.17, 15) is 0 Å². The number of aliphatic hydroxyl groups is 1. The van der Waals surface area contributed by atoms with Gasteiger partial charge in [-0.3, -0.25) is 4.79 Å². The maximum absolute atomic E-state index is 9.00. The Kier molecular flexibility index (Phi) is 94.9. The number of rotatable bonds is 0. The number of carboxylic acids is 1. The minimum Gasteiger partial charge on any atom is -0.481 e. The van der Waals surface area contributed by atoms with Gasteiger partial charge in [0, 0.05) is 14.0 Å². The van der Waals surface area contributed by atoms with E-state index in [0.717, 1.165) is 14.0 Å². The van der Waals surface area contributed by atoms with E-state index in [2.05, 4.69) is 0 Å². The molecule has 0 aromatic carbocycles. The first-order valence-corrected chi connectivity index (χ1v) is 1.37. The van der Waals surface area contributed by atoms with E-state index in [-0.39, 0.29) is 17.9 Å². The second-order valence-corrected chi connectivity index (χ2v) is 0.519. The van der Waals surface area contributed by atoms with E-state index in [1.165, 1.54) is 0 Å². The summed E-state index contributed by atoms with van der Waals surface area (Å²) in [6.45, 7) is 1.08. The normalized spacial score (nSPS) is 3.88. The SMILES string of the molecule is CC(=O)O.CO.Cl.O. The smallest absolute Gasteiger partial charge is 0.300 e. The van der Waals surface area contributed by atoms with Gasteiger partial charge in [-0.05, 0) is 0 Å². The lowest BCUT2D eigenvalue weighted by molar-refractivity contribution is -0.134. The van der Waals surface area contributed by atoms with E-state index in [1.54, 1.807) is 0 Å². The maximum Gasteiger partial charge on any atom is 0.300 e. The highest BCUT2D eigenvalue weighted by molar-refractivity contribution is 5.85. The first-order chi connectivity index (χ1) is 2.73. The van der Waals surface area contributed by atoms with Crippen molar-refractivity contribution in [1.82, 2.24) is 0 Å². The number of aliphatic hydroxyl groups excluding tert-OH is 1. The first kappa shape index (κ1) is 25.3. The number of aliphatic carboxylic acids is 1. The van der Waals surface area contributed by atoms with E-state index < -0.39 is 5.97 Å². The molecule has 0 aliphatic heterocycles. The van der Waals surface area contributed by atoms with Gasteiger partial charge < -0.3 is 15.7 Å². The summed E-state index contributed by atoms with van der Waals surface area (Å²) in [4.78, 5) is 9.00. The van der Waals surface area contributed by atoms with Crippen LogP contribution in [0.4, 0.5) is 0 Å². The van der Waals surface area contributed by atoms with Gasteiger partial charge in [0.15, 0.2) is 0 Å². The summed E-state index contributed by atoms with van der Waals surface area (Å²) in [5.41, 5.74) is 0. The summed E-state index contributed by atoms with van der Waals surface area (Å²) >= 11 is 0. The molecule has 0 unspecified atom stereocenters. The molecule has 0 aromatic heterocycles. The topological polar surface area (TPSA) is 89.0 Å². The molecule has 4 N–H and O–H groups in total.